The summed E-state index contributed by atoms with van der Waals surface area (Å²) >= 11 is 6.33. The fraction of sp³-hybridized carbons (Fsp3) is 0.375. The van der Waals surface area contributed by atoms with Gasteiger partial charge in [-0.25, -0.2) is 9.97 Å². The molecule has 0 saturated heterocycles. The van der Waals surface area contributed by atoms with E-state index in [9.17, 15) is 0 Å². The highest BCUT2D eigenvalue weighted by Gasteiger charge is 2.30. The predicted octanol–water partition coefficient (Wildman–Crippen LogP) is 3.87. The average molecular weight is 286 g/mol. The lowest BCUT2D eigenvalue weighted by molar-refractivity contribution is 0.746. The molecule has 2 aromatic rings. The van der Waals surface area contributed by atoms with Crippen LogP contribution in [-0.2, 0) is 12.8 Å². The van der Waals surface area contributed by atoms with Crippen LogP contribution in [0, 0.1) is 0 Å². The zero-order chi connectivity index (χ0) is 13.7. The first-order valence-corrected chi connectivity index (χ1v) is 7.52. The van der Waals surface area contributed by atoms with Crippen molar-refractivity contribution in [2.75, 3.05) is 11.4 Å². The lowest BCUT2D eigenvalue weighted by atomic mass is 9.90. The molecule has 0 amide bonds. The number of aryl methyl sites for hydroxylation is 1. The van der Waals surface area contributed by atoms with E-state index in [2.05, 4.69) is 40.0 Å². The Morgan fingerprint density at radius 2 is 2.20 bits per heavy atom. The minimum Gasteiger partial charge on any atom is -0.325 e. The van der Waals surface area contributed by atoms with Gasteiger partial charge in [-0.15, -0.1) is 0 Å². The Balaban J connectivity index is 2.02. The van der Waals surface area contributed by atoms with Crippen molar-refractivity contribution in [3.63, 3.8) is 0 Å². The Labute approximate surface area is 123 Å². The molecular weight excluding hydrogens is 270 g/mol. The Morgan fingerprint density at radius 3 is 3.10 bits per heavy atom. The lowest BCUT2D eigenvalue weighted by Gasteiger charge is -2.32. The molecule has 1 aromatic heterocycles. The van der Waals surface area contributed by atoms with Crippen molar-refractivity contribution in [2.24, 2.45) is 0 Å². The van der Waals surface area contributed by atoms with Crippen molar-refractivity contribution < 1.29 is 0 Å². The zero-order valence-corrected chi connectivity index (χ0v) is 12.2. The maximum Gasteiger partial charge on any atom is 0.141 e. The molecule has 0 fully saturated rings. The molecular formula is C16H16ClN3. The fourth-order valence-electron chi connectivity index (χ4n) is 3.50. The van der Waals surface area contributed by atoms with Crippen LogP contribution in [0.4, 0.5) is 11.5 Å². The van der Waals surface area contributed by atoms with Crippen LogP contribution in [0.25, 0.3) is 0 Å². The molecule has 0 saturated carbocycles. The molecule has 4 heteroatoms. The van der Waals surface area contributed by atoms with E-state index >= 15 is 0 Å². The molecule has 102 valence electrons. The quantitative estimate of drug-likeness (QED) is 0.688. The van der Waals surface area contributed by atoms with Gasteiger partial charge in [-0.1, -0.05) is 36.7 Å². The third-order valence-corrected chi connectivity index (χ3v) is 4.74. The highest BCUT2D eigenvalue weighted by molar-refractivity contribution is 6.30. The van der Waals surface area contributed by atoms with E-state index in [1.165, 1.54) is 16.8 Å². The van der Waals surface area contributed by atoms with Gasteiger partial charge in [-0.3, -0.25) is 0 Å². The number of para-hydroxylation sites is 1. The summed E-state index contributed by atoms with van der Waals surface area (Å²) in [4.78, 5) is 11.0. The van der Waals surface area contributed by atoms with Crippen molar-refractivity contribution in [2.45, 2.75) is 32.1 Å². The summed E-state index contributed by atoms with van der Waals surface area (Å²) in [5, 5.41) is 0.599. The number of aromatic nitrogens is 2. The topological polar surface area (TPSA) is 29.0 Å². The van der Waals surface area contributed by atoms with Crippen molar-refractivity contribution in [3.8, 4) is 0 Å². The summed E-state index contributed by atoms with van der Waals surface area (Å²) in [7, 11) is 0. The molecule has 0 spiro atoms. The first-order chi connectivity index (χ1) is 9.75. The number of benzene rings is 1. The third kappa shape index (κ3) is 1.66. The minimum absolute atomic E-state index is 0.440. The second-order valence-electron chi connectivity index (χ2n) is 5.68. The molecule has 3 nitrogen and oxygen atoms in total. The zero-order valence-electron chi connectivity index (χ0n) is 11.4. The van der Waals surface area contributed by atoms with Gasteiger partial charge >= 0.3 is 0 Å². The van der Waals surface area contributed by atoms with Crippen LogP contribution in [0.5, 0.6) is 0 Å². The molecule has 0 aliphatic carbocycles. The van der Waals surface area contributed by atoms with E-state index in [0.717, 1.165) is 37.2 Å². The third-order valence-electron chi connectivity index (χ3n) is 4.42. The summed E-state index contributed by atoms with van der Waals surface area (Å²) in [6.45, 7) is 3.28. The molecule has 0 N–H and O–H groups in total. The normalized spacial score (nSPS) is 20.1. The van der Waals surface area contributed by atoms with E-state index in [1.54, 1.807) is 6.33 Å². The number of halogens is 1. The first kappa shape index (κ1) is 12.2. The van der Waals surface area contributed by atoms with Crippen LogP contribution in [0.2, 0.25) is 5.15 Å². The molecule has 0 unspecified atom stereocenters. The van der Waals surface area contributed by atoms with E-state index in [4.69, 9.17) is 11.6 Å². The van der Waals surface area contributed by atoms with Gasteiger partial charge in [0.1, 0.15) is 17.3 Å². The summed E-state index contributed by atoms with van der Waals surface area (Å²) in [5.41, 5.74) is 5.30. The Morgan fingerprint density at radius 1 is 1.30 bits per heavy atom. The van der Waals surface area contributed by atoms with Crippen molar-refractivity contribution >= 4 is 23.1 Å². The SMILES string of the molecule is C[C@@H]1Cc2c(Cl)ncnc2N2CCCc3cccc1c32. The van der Waals surface area contributed by atoms with Crippen LogP contribution in [-0.4, -0.2) is 16.5 Å². The van der Waals surface area contributed by atoms with Gasteiger partial charge in [0.15, 0.2) is 0 Å². The van der Waals surface area contributed by atoms with Crippen LogP contribution < -0.4 is 4.90 Å². The van der Waals surface area contributed by atoms with Gasteiger partial charge in [0, 0.05) is 17.8 Å². The van der Waals surface area contributed by atoms with E-state index in [-0.39, 0.29) is 0 Å². The largest absolute Gasteiger partial charge is 0.325 e. The smallest absolute Gasteiger partial charge is 0.141 e. The number of fused-ring (bicyclic) bond motifs is 2. The summed E-state index contributed by atoms with van der Waals surface area (Å²) < 4.78 is 0. The van der Waals surface area contributed by atoms with Gasteiger partial charge in [-0.05, 0) is 36.3 Å². The Kier molecular flexibility index (Phi) is 2.71. The van der Waals surface area contributed by atoms with E-state index in [0.29, 0.717) is 11.1 Å². The van der Waals surface area contributed by atoms with Crippen molar-refractivity contribution in [1.29, 1.82) is 0 Å². The Bertz CT molecular complexity index is 683. The summed E-state index contributed by atoms with van der Waals surface area (Å²) in [6, 6.07) is 6.66. The molecule has 0 bridgehead atoms. The highest BCUT2D eigenvalue weighted by atomic mass is 35.5. The lowest BCUT2D eigenvalue weighted by Crippen LogP contribution is -2.26. The number of nitrogens with zero attached hydrogens (tertiary/aromatic N) is 3. The molecule has 2 aliphatic heterocycles. The van der Waals surface area contributed by atoms with Gasteiger partial charge in [0.25, 0.3) is 0 Å². The van der Waals surface area contributed by atoms with Gasteiger partial charge < -0.3 is 4.90 Å². The van der Waals surface area contributed by atoms with Gasteiger partial charge in [-0.2, -0.15) is 0 Å². The van der Waals surface area contributed by atoms with E-state index < -0.39 is 0 Å². The molecule has 20 heavy (non-hydrogen) atoms. The number of hydrogen-bond donors (Lipinski definition) is 0. The highest BCUT2D eigenvalue weighted by Crippen LogP contribution is 2.45. The number of rotatable bonds is 0. The monoisotopic (exact) mass is 285 g/mol. The molecule has 2 aliphatic rings. The van der Waals surface area contributed by atoms with Crippen LogP contribution >= 0.6 is 11.6 Å². The molecule has 1 atom stereocenters. The summed E-state index contributed by atoms with van der Waals surface area (Å²) in [5.74, 6) is 1.44. The van der Waals surface area contributed by atoms with Crippen LogP contribution in [0.15, 0.2) is 24.5 Å². The predicted molar refractivity (Wildman–Crippen MR) is 80.9 cm³/mol. The maximum atomic E-state index is 6.33. The molecule has 1 aromatic carbocycles. The van der Waals surface area contributed by atoms with Crippen molar-refractivity contribution in [1.82, 2.24) is 9.97 Å². The molecule has 0 radical (unpaired) electrons. The first-order valence-electron chi connectivity index (χ1n) is 7.14. The maximum absolute atomic E-state index is 6.33. The minimum atomic E-state index is 0.440. The van der Waals surface area contributed by atoms with Crippen LogP contribution in [0.1, 0.15) is 36.0 Å². The average Bonchev–Trinajstić information content (AvgIpc) is 2.59. The van der Waals surface area contributed by atoms with Crippen LogP contribution in [0.3, 0.4) is 0 Å². The van der Waals surface area contributed by atoms with E-state index in [1.807, 2.05) is 0 Å². The second kappa shape index (κ2) is 4.45. The molecule has 3 heterocycles. The van der Waals surface area contributed by atoms with Crippen molar-refractivity contribution in [3.05, 3.63) is 46.4 Å². The van der Waals surface area contributed by atoms with Gasteiger partial charge in [0.05, 0.1) is 0 Å². The summed E-state index contributed by atoms with van der Waals surface area (Å²) in [6.07, 6.45) is 4.79. The standard InChI is InChI=1S/C16H16ClN3/c1-10-8-13-15(17)18-9-19-16(13)20-7-3-5-11-4-2-6-12(10)14(11)20/h2,4,6,9-10H,3,5,7-8H2,1H3/t10-/m1/s1. The Hall–Kier alpha value is -1.61. The van der Waals surface area contributed by atoms with Gasteiger partial charge in [0.2, 0.25) is 0 Å². The second-order valence-corrected chi connectivity index (χ2v) is 6.04. The molecule has 4 rings (SSSR count). The number of anilines is 2. The fourth-order valence-corrected chi connectivity index (χ4v) is 3.70. The number of hydrogen-bond acceptors (Lipinski definition) is 3.